The van der Waals surface area contributed by atoms with E-state index < -0.39 is 0 Å². The van der Waals surface area contributed by atoms with E-state index in [4.69, 9.17) is 16.3 Å². The van der Waals surface area contributed by atoms with Crippen molar-refractivity contribution in [1.29, 1.82) is 0 Å². The molecule has 0 radical (unpaired) electrons. The topological polar surface area (TPSA) is 58.2 Å². The van der Waals surface area contributed by atoms with Gasteiger partial charge in [-0.05, 0) is 42.7 Å². The molecule has 1 aliphatic heterocycles. The molecule has 2 heterocycles. The smallest absolute Gasteiger partial charge is 0.273 e. The van der Waals surface area contributed by atoms with Gasteiger partial charge in [-0.3, -0.25) is 9.89 Å². The molecule has 0 bridgehead atoms. The second-order valence-electron chi connectivity index (χ2n) is 7.69. The van der Waals surface area contributed by atoms with E-state index >= 15 is 0 Å². The van der Waals surface area contributed by atoms with Gasteiger partial charge < -0.3 is 9.64 Å². The number of methoxy groups -OCH3 is 1. The molecular weight excluding hydrogens is 386 g/mol. The van der Waals surface area contributed by atoms with E-state index in [1.807, 2.05) is 48.5 Å². The van der Waals surface area contributed by atoms with Crippen molar-refractivity contribution in [3.63, 3.8) is 0 Å². The quantitative estimate of drug-likeness (QED) is 0.644. The second kappa shape index (κ2) is 7.23. The number of H-pyrrole nitrogens is 1. The van der Waals surface area contributed by atoms with Crippen molar-refractivity contribution >= 4 is 17.5 Å². The Morgan fingerprint density at radius 3 is 2.41 bits per heavy atom. The number of aromatic amines is 1. The number of carbonyl (C=O) groups excluding carboxylic acids is 1. The van der Waals surface area contributed by atoms with E-state index in [0.717, 1.165) is 41.0 Å². The number of aromatic nitrogens is 2. The Balaban J connectivity index is 1.65. The minimum absolute atomic E-state index is 0.0421. The van der Waals surface area contributed by atoms with Gasteiger partial charge >= 0.3 is 0 Å². The third kappa shape index (κ3) is 3.01. The number of amides is 1. The fourth-order valence-electron chi connectivity index (χ4n) is 4.67. The summed E-state index contributed by atoms with van der Waals surface area (Å²) in [5.41, 5.74) is 4.39. The van der Waals surface area contributed by atoms with Crippen LogP contribution in [0, 0.1) is 0 Å². The van der Waals surface area contributed by atoms with Crippen molar-refractivity contribution in [1.82, 2.24) is 15.1 Å². The molecule has 3 aromatic rings. The first-order valence-electron chi connectivity index (χ1n) is 9.98. The molecule has 1 unspecified atom stereocenters. The van der Waals surface area contributed by atoms with Crippen LogP contribution in [-0.4, -0.2) is 34.2 Å². The third-order valence-electron chi connectivity index (χ3n) is 6.07. The predicted molar refractivity (Wildman–Crippen MR) is 112 cm³/mol. The number of nitrogens with one attached hydrogen (secondary N) is 1. The maximum Gasteiger partial charge on any atom is 0.273 e. The van der Waals surface area contributed by atoms with Crippen LogP contribution in [0.15, 0.2) is 48.5 Å². The van der Waals surface area contributed by atoms with Crippen LogP contribution < -0.4 is 4.74 Å². The van der Waals surface area contributed by atoms with Crippen molar-refractivity contribution in [3.8, 4) is 17.0 Å². The molecule has 6 heteroatoms. The molecule has 1 amide bonds. The first kappa shape index (κ1) is 18.3. The zero-order chi connectivity index (χ0) is 20.0. The van der Waals surface area contributed by atoms with Crippen molar-refractivity contribution in [3.05, 3.63) is 70.4 Å². The fraction of sp³-hybridized carbons (Fsp3) is 0.304. The number of benzene rings is 2. The molecule has 1 fully saturated rings. The standard InChI is InChI=1S/C23H22ClN3O2/c1-29-18-12-8-15(9-13-18)22-19-20(14-6-10-16(24)11-7-14)25-26-21(19)23(28)27(22)17-4-2-3-5-17/h6-13,17,22H,2-5H2,1H3,(H,25,26). The fourth-order valence-corrected chi connectivity index (χ4v) is 4.79. The van der Waals surface area contributed by atoms with Crippen LogP contribution in [0.25, 0.3) is 11.3 Å². The highest BCUT2D eigenvalue weighted by atomic mass is 35.5. The Bertz CT molecular complexity index is 1040. The number of halogens is 1. The van der Waals surface area contributed by atoms with Gasteiger partial charge in [0.25, 0.3) is 5.91 Å². The minimum atomic E-state index is -0.157. The number of hydrogen-bond acceptors (Lipinski definition) is 3. The molecule has 148 valence electrons. The average molecular weight is 408 g/mol. The van der Waals surface area contributed by atoms with Gasteiger partial charge in [0.1, 0.15) is 11.4 Å². The van der Waals surface area contributed by atoms with Gasteiger partial charge in [0.05, 0.1) is 18.8 Å². The number of carbonyl (C=O) groups is 1. The summed E-state index contributed by atoms with van der Waals surface area (Å²) in [6, 6.07) is 15.7. The minimum Gasteiger partial charge on any atom is -0.497 e. The zero-order valence-electron chi connectivity index (χ0n) is 16.2. The third-order valence-corrected chi connectivity index (χ3v) is 6.32. The summed E-state index contributed by atoms with van der Waals surface area (Å²) in [7, 11) is 1.66. The van der Waals surface area contributed by atoms with Crippen molar-refractivity contribution in [2.24, 2.45) is 0 Å². The highest BCUT2D eigenvalue weighted by molar-refractivity contribution is 6.30. The lowest BCUT2D eigenvalue weighted by Crippen LogP contribution is -2.37. The van der Waals surface area contributed by atoms with Crippen molar-refractivity contribution in [2.45, 2.75) is 37.8 Å². The summed E-state index contributed by atoms with van der Waals surface area (Å²) in [4.78, 5) is 15.5. The molecule has 0 saturated heterocycles. The number of nitrogens with zero attached hydrogens (tertiary/aromatic N) is 2. The number of hydrogen-bond donors (Lipinski definition) is 1. The maximum atomic E-state index is 13.4. The Kier molecular flexibility index (Phi) is 4.55. The predicted octanol–water partition coefficient (Wildman–Crippen LogP) is 5.23. The molecule has 2 aliphatic rings. The second-order valence-corrected chi connectivity index (χ2v) is 8.13. The summed E-state index contributed by atoms with van der Waals surface area (Å²) in [5.74, 6) is 0.844. The molecule has 1 aromatic heterocycles. The number of rotatable bonds is 4. The van der Waals surface area contributed by atoms with E-state index in [9.17, 15) is 4.79 Å². The van der Waals surface area contributed by atoms with Gasteiger partial charge in [0, 0.05) is 22.2 Å². The van der Waals surface area contributed by atoms with Crippen molar-refractivity contribution < 1.29 is 9.53 Å². The lowest BCUT2D eigenvalue weighted by atomic mass is 9.95. The summed E-state index contributed by atoms with van der Waals surface area (Å²) in [6.45, 7) is 0. The largest absolute Gasteiger partial charge is 0.497 e. The van der Waals surface area contributed by atoms with E-state index in [-0.39, 0.29) is 18.0 Å². The molecular formula is C23H22ClN3O2. The lowest BCUT2D eigenvalue weighted by molar-refractivity contribution is 0.0660. The molecule has 2 aromatic carbocycles. The van der Waals surface area contributed by atoms with E-state index in [0.29, 0.717) is 10.7 Å². The summed E-state index contributed by atoms with van der Waals surface area (Å²) < 4.78 is 5.33. The van der Waals surface area contributed by atoms with Crippen LogP contribution in [0.1, 0.15) is 53.3 Å². The van der Waals surface area contributed by atoms with Gasteiger partial charge in [0.15, 0.2) is 0 Å². The van der Waals surface area contributed by atoms with E-state index in [1.165, 1.54) is 12.8 Å². The summed E-state index contributed by atoms with van der Waals surface area (Å²) >= 11 is 6.07. The molecule has 5 rings (SSSR count). The molecule has 1 aliphatic carbocycles. The number of fused-ring (bicyclic) bond motifs is 1. The normalized spacial score (nSPS) is 19.0. The van der Waals surface area contributed by atoms with Crippen LogP contribution in [0.5, 0.6) is 5.75 Å². The molecule has 0 spiro atoms. The van der Waals surface area contributed by atoms with Crippen LogP contribution >= 0.6 is 11.6 Å². The van der Waals surface area contributed by atoms with Gasteiger partial charge in [-0.25, -0.2) is 0 Å². The summed E-state index contributed by atoms with van der Waals surface area (Å²) in [5, 5.41) is 8.22. The zero-order valence-corrected chi connectivity index (χ0v) is 16.9. The monoisotopic (exact) mass is 407 g/mol. The SMILES string of the molecule is COc1ccc(C2c3c(-c4ccc(Cl)cc4)n[nH]c3C(=O)N2C2CCCC2)cc1. The molecule has 1 N–H and O–H groups in total. The highest BCUT2D eigenvalue weighted by Gasteiger charge is 2.45. The Morgan fingerprint density at radius 2 is 1.76 bits per heavy atom. The van der Waals surface area contributed by atoms with E-state index in [2.05, 4.69) is 15.1 Å². The molecule has 1 atom stereocenters. The Morgan fingerprint density at radius 1 is 1.07 bits per heavy atom. The molecule has 1 saturated carbocycles. The van der Waals surface area contributed by atoms with E-state index in [1.54, 1.807) is 7.11 Å². The first-order chi connectivity index (χ1) is 14.2. The van der Waals surface area contributed by atoms with Crippen LogP contribution in [0.3, 0.4) is 0 Å². The molecule has 29 heavy (non-hydrogen) atoms. The maximum absolute atomic E-state index is 13.4. The van der Waals surface area contributed by atoms with Crippen molar-refractivity contribution in [2.75, 3.05) is 7.11 Å². The highest BCUT2D eigenvalue weighted by Crippen LogP contribution is 2.46. The van der Waals surface area contributed by atoms with Gasteiger partial charge in [-0.2, -0.15) is 5.10 Å². The van der Waals surface area contributed by atoms with Gasteiger partial charge in [-0.15, -0.1) is 0 Å². The first-order valence-corrected chi connectivity index (χ1v) is 10.4. The van der Waals surface area contributed by atoms with Gasteiger partial charge in [0.2, 0.25) is 0 Å². The van der Waals surface area contributed by atoms with Crippen LogP contribution in [-0.2, 0) is 0 Å². The van der Waals surface area contributed by atoms with Gasteiger partial charge in [-0.1, -0.05) is 48.7 Å². The molecule has 5 nitrogen and oxygen atoms in total. The average Bonchev–Trinajstić information content (AvgIpc) is 3.47. The number of ether oxygens (including phenoxy) is 1. The summed E-state index contributed by atoms with van der Waals surface area (Å²) in [6.07, 6.45) is 4.43. The van der Waals surface area contributed by atoms with Crippen LogP contribution in [0.2, 0.25) is 5.02 Å². The lowest BCUT2D eigenvalue weighted by Gasteiger charge is -2.32. The Labute approximate surface area is 174 Å². The Hall–Kier alpha value is -2.79. The van der Waals surface area contributed by atoms with Crippen LogP contribution in [0.4, 0.5) is 0 Å².